The first kappa shape index (κ1) is 19.5. The van der Waals surface area contributed by atoms with E-state index in [-0.39, 0.29) is 18.2 Å². The van der Waals surface area contributed by atoms with E-state index in [1.807, 2.05) is 6.20 Å². The lowest BCUT2D eigenvalue weighted by atomic mass is 9.89. The normalized spacial score (nSPS) is 27.8. The Labute approximate surface area is 174 Å². The Morgan fingerprint density at radius 3 is 2.57 bits per heavy atom. The first-order valence-corrected chi connectivity index (χ1v) is 10.6. The molecular formula is C22H25F2N4O2-. The Morgan fingerprint density at radius 2 is 1.93 bits per heavy atom. The van der Waals surface area contributed by atoms with Crippen LogP contribution in [0.2, 0.25) is 0 Å². The first-order valence-electron chi connectivity index (χ1n) is 10.6. The summed E-state index contributed by atoms with van der Waals surface area (Å²) < 4.78 is 33.8. The molecule has 4 aliphatic heterocycles. The third-order valence-electron chi connectivity index (χ3n) is 6.68. The Bertz CT molecular complexity index is 903. The van der Waals surface area contributed by atoms with E-state index in [4.69, 9.17) is 4.74 Å². The van der Waals surface area contributed by atoms with Crippen molar-refractivity contribution in [1.29, 1.82) is 0 Å². The number of rotatable bonds is 2. The van der Waals surface area contributed by atoms with Gasteiger partial charge in [0, 0.05) is 18.6 Å². The summed E-state index contributed by atoms with van der Waals surface area (Å²) in [4.78, 5) is 21.7. The van der Waals surface area contributed by atoms with Crippen LogP contribution in [-0.2, 0) is 9.53 Å². The van der Waals surface area contributed by atoms with Gasteiger partial charge in [0.1, 0.15) is 23.5 Å². The number of likely N-dealkylation sites (tertiary alicyclic amines) is 1. The maximum atomic E-state index is 13.7. The summed E-state index contributed by atoms with van der Waals surface area (Å²) in [5.41, 5.74) is 0.850. The smallest absolute Gasteiger partial charge is 0.257 e. The minimum absolute atomic E-state index is 0.0602. The topological polar surface area (TPSA) is 59.2 Å². The molecule has 0 aliphatic carbocycles. The van der Waals surface area contributed by atoms with Crippen LogP contribution in [0.25, 0.3) is 5.32 Å². The minimum atomic E-state index is -0.856. The molecule has 0 radical (unpaired) electrons. The van der Waals surface area contributed by atoms with Crippen molar-refractivity contribution in [2.75, 3.05) is 19.6 Å². The quantitative estimate of drug-likeness (QED) is 0.737. The van der Waals surface area contributed by atoms with Gasteiger partial charge >= 0.3 is 0 Å². The van der Waals surface area contributed by atoms with Crippen LogP contribution in [0, 0.1) is 11.6 Å². The number of amides is 1. The molecule has 0 bridgehead atoms. The van der Waals surface area contributed by atoms with Gasteiger partial charge in [-0.3, -0.25) is 4.79 Å². The Morgan fingerprint density at radius 1 is 1.20 bits per heavy atom. The number of piperidine rings is 1. The van der Waals surface area contributed by atoms with Gasteiger partial charge in [-0.25, -0.2) is 8.78 Å². The largest absolute Gasteiger partial charge is 0.426 e. The number of benzene rings is 1. The van der Waals surface area contributed by atoms with E-state index < -0.39 is 17.2 Å². The molecule has 0 saturated carbocycles. The van der Waals surface area contributed by atoms with Gasteiger partial charge in [-0.05, 0) is 69.1 Å². The van der Waals surface area contributed by atoms with Crippen molar-refractivity contribution >= 4 is 11.9 Å². The lowest BCUT2D eigenvalue weighted by Gasteiger charge is -2.44. The number of fused-ring (bicyclic) bond motifs is 1. The Hall–Kier alpha value is -2.48. The van der Waals surface area contributed by atoms with E-state index in [0.29, 0.717) is 50.9 Å². The van der Waals surface area contributed by atoms with Crippen LogP contribution >= 0.6 is 0 Å². The number of hydrogen-bond donors (Lipinski definition) is 0. The number of nitrogens with zero attached hydrogens (tertiary/aromatic N) is 4. The minimum Gasteiger partial charge on any atom is -0.426 e. The standard InChI is InChI=1S/C22H25F2N4O2/c1-2-14-12-25-21(26-13-14)27-7-5-22(6-8-27)20(29)28-18(3-4-19(28)30-22)15-9-16(23)11-17(24)10-15/h9-12,18-19H,2-8,13H2,1H3/q-1. The Kier molecular flexibility index (Phi) is 4.76. The number of guanidine groups is 1. The van der Waals surface area contributed by atoms with Gasteiger partial charge in [-0.1, -0.05) is 12.5 Å². The SMILES string of the molecule is CCC1=CN=C(N2CCC3(CC2)OC2CCC(c4cc(F)cc(F)c4)N2C3=O)[N-]C1. The van der Waals surface area contributed by atoms with Gasteiger partial charge in [-0.15, -0.1) is 0 Å². The van der Waals surface area contributed by atoms with E-state index in [0.717, 1.165) is 18.4 Å². The molecule has 160 valence electrons. The molecule has 5 rings (SSSR count). The van der Waals surface area contributed by atoms with Crippen LogP contribution in [0.5, 0.6) is 0 Å². The third kappa shape index (κ3) is 3.17. The number of carbonyl (C=O) groups excluding carboxylic acids is 1. The second-order valence-corrected chi connectivity index (χ2v) is 8.45. The summed E-state index contributed by atoms with van der Waals surface area (Å²) in [5.74, 6) is -0.584. The summed E-state index contributed by atoms with van der Waals surface area (Å²) in [7, 11) is 0. The van der Waals surface area contributed by atoms with Crippen molar-refractivity contribution in [3.63, 3.8) is 0 Å². The van der Waals surface area contributed by atoms with Crippen molar-refractivity contribution in [1.82, 2.24) is 9.80 Å². The molecule has 1 spiro atoms. The van der Waals surface area contributed by atoms with Crippen LogP contribution in [0.4, 0.5) is 8.78 Å². The second-order valence-electron chi connectivity index (χ2n) is 8.45. The number of aliphatic imine (C=N–C) groups is 1. The molecule has 4 aliphatic rings. The predicted octanol–water partition coefficient (Wildman–Crippen LogP) is 3.86. The summed E-state index contributed by atoms with van der Waals surface area (Å²) in [5, 5.41) is 4.57. The zero-order valence-corrected chi connectivity index (χ0v) is 17.0. The molecule has 1 amide bonds. The van der Waals surface area contributed by atoms with E-state index in [9.17, 15) is 13.6 Å². The fraction of sp³-hybridized carbons (Fsp3) is 0.545. The second kappa shape index (κ2) is 7.34. The molecule has 8 heteroatoms. The van der Waals surface area contributed by atoms with E-state index in [1.165, 1.54) is 17.7 Å². The van der Waals surface area contributed by atoms with Gasteiger partial charge in [0.25, 0.3) is 5.91 Å². The molecule has 0 N–H and O–H groups in total. The van der Waals surface area contributed by atoms with Crippen molar-refractivity contribution in [3.8, 4) is 0 Å². The summed E-state index contributed by atoms with van der Waals surface area (Å²) in [6.07, 6.45) is 4.94. The van der Waals surface area contributed by atoms with Crippen molar-refractivity contribution in [2.24, 2.45) is 4.99 Å². The van der Waals surface area contributed by atoms with Gasteiger partial charge in [0.05, 0.1) is 6.04 Å². The lowest BCUT2D eigenvalue weighted by Crippen LogP contribution is -2.51. The highest BCUT2D eigenvalue weighted by Crippen LogP contribution is 2.47. The fourth-order valence-corrected chi connectivity index (χ4v) is 5.00. The molecule has 1 aromatic carbocycles. The molecule has 4 heterocycles. The fourth-order valence-electron chi connectivity index (χ4n) is 5.00. The summed E-state index contributed by atoms with van der Waals surface area (Å²) in [6, 6.07) is 3.14. The molecule has 3 fully saturated rings. The molecule has 30 heavy (non-hydrogen) atoms. The number of halogens is 2. The average molecular weight is 415 g/mol. The zero-order valence-electron chi connectivity index (χ0n) is 17.0. The van der Waals surface area contributed by atoms with E-state index >= 15 is 0 Å². The van der Waals surface area contributed by atoms with Crippen LogP contribution in [0.3, 0.4) is 0 Å². The van der Waals surface area contributed by atoms with Crippen LogP contribution in [-0.4, -0.2) is 53.1 Å². The molecule has 3 saturated heterocycles. The van der Waals surface area contributed by atoms with Crippen LogP contribution in [0.15, 0.2) is 35.0 Å². The third-order valence-corrected chi connectivity index (χ3v) is 6.68. The molecular weight excluding hydrogens is 390 g/mol. The summed E-state index contributed by atoms with van der Waals surface area (Å²) >= 11 is 0. The maximum Gasteiger partial charge on any atom is 0.257 e. The number of carbonyl (C=O) groups is 1. The summed E-state index contributed by atoms with van der Waals surface area (Å²) in [6.45, 7) is 4.05. The van der Waals surface area contributed by atoms with Gasteiger partial charge in [-0.2, -0.15) is 0 Å². The predicted molar refractivity (Wildman–Crippen MR) is 108 cm³/mol. The number of hydrogen-bond acceptors (Lipinski definition) is 4. The van der Waals surface area contributed by atoms with Crippen molar-refractivity contribution in [3.05, 3.63) is 52.5 Å². The van der Waals surface area contributed by atoms with Crippen molar-refractivity contribution in [2.45, 2.75) is 56.9 Å². The number of ether oxygens (including phenoxy) is 1. The highest BCUT2D eigenvalue weighted by molar-refractivity contribution is 5.95. The molecule has 6 nitrogen and oxygen atoms in total. The Balaban J connectivity index is 1.31. The monoisotopic (exact) mass is 415 g/mol. The van der Waals surface area contributed by atoms with Gasteiger partial charge in [0.2, 0.25) is 0 Å². The van der Waals surface area contributed by atoms with Crippen LogP contribution < -0.4 is 0 Å². The average Bonchev–Trinajstić information content (AvgIpc) is 3.26. The van der Waals surface area contributed by atoms with Gasteiger partial charge < -0.3 is 24.8 Å². The zero-order chi connectivity index (χ0) is 20.9. The van der Waals surface area contributed by atoms with E-state index in [1.54, 1.807) is 4.90 Å². The molecule has 2 unspecified atom stereocenters. The van der Waals surface area contributed by atoms with Gasteiger partial charge in [0.15, 0.2) is 0 Å². The molecule has 1 aromatic rings. The lowest BCUT2D eigenvalue weighted by molar-refractivity contribution is -0.142. The van der Waals surface area contributed by atoms with Crippen LogP contribution in [0.1, 0.15) is 50.6 Å². The highest BCUT2D eigenvalue weighted by Gasteiger charge is 2.57. The highest BCUT2D eigenvalue weighted by atomic mass is 19.1. The van der Waals surface area contributed by atoms with E-state index in [2.05, 4.69) is 22.1 Å². The maximum absolute atomic E-state index is 13.7. The molecule has 0 aromatic heterocycles. The molecule has 2 atom stereocenters. The van der Waals surface area contributed by atoms with Crippen molar-refractivity contribution < 1.29 is 18.3 Å². The first-order chi connectivity index (χ1) is 14.5.